The van der Waals surface area contributed by atoms with Crippen LogP contribution in [0.3, 0.4) is 0 Å². The zero-order valence-corrected chi connectivity index (χ0v) is 12.2. The third kappa shape index (κ3) is 3.76. The second-order valence-corrected chi connectivity index (χ2v) is 6.25. The lowest BCUT2D eigenvalue weighted by Gasteiger charge is -2.22. The molecule has 0 unspecified atom stereocenters. The Balaban J connectivity index is 3.12. The minimum Gasteiger partial charge on any atom is -0.369 e. The summed E-state index contributed by atoms with van der Waals surface area (Å²) >= 11 is 0. The topological polar surface area (TPSA) is 98.5 Å². The number of amides is 1. The van der Waals surface area contributed by atoms with Crippen molar-refractivity contribution in [1.29, 1.82) is 0 Å². The van der Waals surface area contributed by atoms with Crippen molar-refractivity contribution in [2.45, 2.75) is 31.3 Å². The summed E-state index contributed by atoms with van der Waals surface area (Å²) in [6.07, 6.45) is 0. The molecule has 1 rings (SSSR count). The van der Waals surface area contributed by atoms with Crippen molar-refractivity contribution < 1.29 is 17.9 Å². The number of ether oxygens (including phenoxy) is 1. The average molecular weight is 286 g/mol. The molecule has 3 N–H and O–H groups in total. The molecular formula is C12H18N2O4S. The van der Waals surface area contributed by atoms with Gasteiger partial charge in [0.1, 0.15) is 5.60 Å². The molecule has 0 saturated heterocycles. The van der Waals surface area contributed by atoms with Gasteiger partial charge in [0.15, 0.2) is 0 Å². The van der Waals surface area contributed by atoms with Gasteiger partial charge in [0.05, 0.1) is 4.90 Å². The van der Waals surface area contributed by atoms with Crippen LogP contribution in [0.25, 0.3) is 0 Å². The average Bonchev–Trinajstić information content (AvgIpc) is 2.30. The molecule has 0 fully saturated rings. The Labute approximate surface area is 113 Å². The maximum Gasteiger partial charge on any atom is 0.256 e. The number of sulfonamides is 1. The van der Waals surface area contributed by atoms with Crippen LogP contribution in [-0.2, 0) is 19.6 Å². The number of nitrogens with two attached hydrogens (primary N) is 1. The van der Waals surface area contributed by atoms with Crippen LogP contribution in [0.4, 0.5) is 5.69 Å². The summed E-state index contributed by atoms with van der Waals surface area (Å²) in [6.45, 7) is 4.98. The quantitative estimate of drug-likeness (QED) is 0.862. The van der Waals surface area contributed by atoms with E-state index >= 15 is 0 Å². The standard InChI is InChI=1S/C12H18N2O4S/c1-8-5-6-9(19(13,16)17)7-10(8)14-11(15)12(2,3)18-4/h5-7H,1-4H3,(H,14,15)(H2,13,16,17). The van der Waals surface area contributed by atoms with Crippen molar-refractivity contribution in [3.63, 3.8) is 0 Å². The van der Waals surface area contributed by atoms with Crippen molar-refractivity contribution in [3.05, 3.63) is 23.8 Å². The maximum atomic E-state index is 12.0. The van der Waals surface area contributed by atoms with Gasteiger partial charge in [-0.3, -0.25) is 4.79 Å². The van der Waals surface area contributed by atoms with Gasteiger partial charge >= 0.3 is 0 Å². The first-order chi connectivity index (χ1) is 8.58. The predicted molar refractivity (Wildman–Crippen MR) is 72.3 cm³/mol. The summed E-state index contributed by atoms with van der Waals surface area (Å²) in [4.78, 5) is 11.9. The van der Waals surface area contributed by atoms with Crippen LogP contribution in [0.1, 0.15) is 19.4 Å². The number of hydrogen-bond donors (Lipinski definition) is 2. The van der Waals surface area contributed by atoms with E-state index in [4.69, 9.17) is 9.88 Å². The molecule has 0 aliphatic carbocycles. The van der Waals surface area contributed by atoms with Gasteiger partial charge < -0.3 is 10.1 Å². The van der Waals surface area contributed by atoms with Gasteiger partial charge in [-0.1, -0.05) is 6.07 Å². The van der Waals surface area contributed by atoms with Crippen molar-refractivity contribution >= 4 is 21.6 Å². The predicted octanol–water partition coefficient (Wildman–Crippen LogP) is 1.01. The molecule has 0 spiro atoms. The van der Waals surface area contributed by atoms with Crippen LogP contribution in [0.2, 0.25) is 0 Å². The fourth-order valence-electron chi connectivity index (χ4n) is 1.28. The zero-order valence-electron chi connectivity index (χ0n) is 11.4. The van der Waals surface area contributed by atoms with Crippen molar-refractivity contribution in [2.75, 3.05) is 12.4 Å². The molecule has 19 heavy (non-hydrogen) atoms. The lowest BCUT2D eigenvalue weighted by Crippen LogP contribution is -2.39. The fourth-order valence-corrected chi connectivity index (χ4v) is 1.82. The Bertz CT molecular complexity index is 594. The van der Waals surface area contributed by atoms with E-state index in [9.17, 15) is 13.2 Å². The van der Waals surface area contributed by atoms with Crippen molar-refractivity contribution in [3.8, 4) is 0 Å². The highest BCUT2D eigenvalue weighted by molar-refractivity contribution is 7.89. The summed E-state index contributed by atoms with van der Waals surface area (Å²) < 4.78 is 27.6. The molecule has 0 atom stereocenters. The molecule has 106 valence electrons. The molecule has 0 bridgehead atoms. The van der Waals surface area contributed by atoms with Gasteiger partial charge in [-0.2, -0.15) is 0 Å². The summed E-state index contributed by atoms with van der Waals surface area (Å²) in [5.41, 5.74) is 0.110. The number of carbonyl (C=O) groups excluding carboxylic acids is 1. The molecule has 1 aromatic rings. The number of carbonyl (C=O) groups is 1. The molecule has 0 heterocycles. The third-order valence-electron chi connectivity index (χ3n) is 2.84. The maximum absolute atomic E-state index is 12.0. The van der Waals surface area contributed by atoms with E-state index in [0.29, 0.717) is 5.69 Å². The van der Waals surface area contributed by atoms with Gasteiger partial charge in [0.2, 0.25) is 10.0 Å². The first kappa shape index (κ1) is 15.6. The summed E-state index contributed by atoms with van der Waals surface area (Å²) in [5, 5.41) is 7.68. The molecular weight excluding hydrogens is 268 g/mol. The fraction of sp³-hybridized carbons (Fsp3) is 0.417. The highest BCUT2D eigenvalue weighted by atomic mass is 32.2. The second-order valence-electron chi connectivity index (χ2n) is 4.69. The van der Waals surface area contributed by atoms with Crippen LogP contribution in [0.15, 0.2) is 23.1 Å². The van der Waals surface area contributed by atoms with Gasteiger partial charge in [0, 0.05) is 12.8 Å². The van der Waals surface area contributed by atoms with E-state index in [1.165, 1.54) is 19.2 Å². The number of nitrogens with one attached hydrogen (secondary N) is 1. The Kier molecular flexibility index (Phi) is 4.34. The second kappa shape index (κ2) is 5.28. The zero-order chi connectivity index (χ0) is 14.8. The lowest BCUT2D eigenvalue weighted by molar-refractivity contribution is -0.133. The molecule has 7 heteroatoms. The lowest BCUT2D eigenvalue weighted by atomic mass is 10.1. The largest absolute Gasteiger partial charge is 0.369 e. The first-order valence-electron chi connectivity index (χ1n) is 5.58. The van der Waals surface area contributed by atoms with E-state index < -0.39 is 15.6 Å². The number of anilines is 1. The van der Waals surface area contributed by atoms with Crippen molar-refractivity contribution in [1.82, 2.24) is 0 Å². The van der Waals surface area contributed by atoms with E-state index in [1.807, 2.05) is 0 Å². The number of benzene rings is 1. The minimum atomic E-state index is -3.80. The van der Waals surface area contributed by atoms with Crippen molar-refractivity contribution in [2.24, 2.45) is 5.14 Å². The third-order valence-corrected chi connectivity index (χ3v) is 3.75. The van der Waals surface area contributed by atoms with E-state index in [0.717, 1.165) is 5.56 Å². The Hall–Kier alpha value is -1.44. The number of aryl methyl sites for hydroxylation is 1. The van der Waals surface area contributed by atoms with Crippen LogP contribution >= 0.6 is 0 Å². The van der Waals surface area contributed by atoms with E-state index in [1.54, 1.807) is 26.8 Å². The van der Waals surface area contributed by atoms with Crippen LogP contribution in [0.5, 0.6) is 0 Å². The molecule has 0 saturated carbocycles. The van der Waals surface area contributed by atoms with Gasteiger partial charge in [-0.05, 0) is 38.5 Å². The smallest absolute Gasteiger partial charge is 0.256 e. The minimum absolute atomic E-state index is 0.0522. The number of primary sulfonamides is 1. The van der Waals surface area contributed by atoms with E-state index in [2.05, 4.69) is 5.32 Å². The highest BCUT2D eigenvalue weighted by Crippen LogP contribution is 2.21. The molecule has 0 aromatic heterocycles. The molecule has 0 aliphatic heterocycles. The molecule has 0 radical (unpaired) electrons. The number of rotatable bonds is 4. The molecule has 1 aromatic carbocycles. The van der Waals surface area contributed by atoms with Crippen LogP contribution in [0, 0.1) is 6.92 Å². The Morgan fingerprint density at radius 1 is 1.37 bits per heavy atom. The Morgan fingerprint density at radius 3 is 2.42 bits per heavy atom. The molecule has 1 amide bonds. The monoisotopic (exact) mass is 286 g/mol. The first-order valence-corrected chi connectivity index (χ1v) is 7.12. The normalized spacial score (nSPS) is 12.3. The molecule has 0 aliphatic rings. The van der Waals surface area contributed by atoms with Crippen LogP contribution < -0.4 is 10.5 Å². The van der Waals surface area contributed by atoms with E-state index in [-0.39, 0.29) is 10.8 Å². The highest BCUT2D eigenvalue weighted by Gasteiger charge is 2.27. The Morgan fingerprint density at radius 2 is 1.95 bits per heavy atom. The number of methoxy groups -OCH3 is 1. The van der Waals surface area contributed by atoms with Gasteiger partial charge in [-0.15, -0.1) is 0 Å². The van der Waals surface area contributed by atoms with Gasteiger partial charge in [0.25, 0.3) is 5.91 Å². The van der Waals surface area contributed by atoms with Crippen LogP contribution in [-0.4, -0.2) is 27.0 Å². The molecule has 6 nitrogen and oxygen atoms in total. The van der Waals surface area contributed by atoms with Gasteiger partial charge in [-0.25, -0.2) is 13.6 Å². The summed E-state index contributed by atoms with van der Waals surface area (Å²) in [6, 6.07) is 4.30. The summed E-state index contributed by atoms with van der Waals surface area (Å²) in [7, 11) is -2.38. The summed E-state index contributed by atoms with van der Waals surface area (Å²) in [5.74, 6) is -0.371. The SMILES string of the molecule is COC(C)(C)C(=O)Nc1cc(S(N)(=O)=O)ccc1C. The number of hydrogen-bond acceptors (Lipinski definition) is 4.